The maximum absolute atomic E-state index is 12.9. The molecule has 1 aliphatic heterocycles. The van der Waals surface area contributed by atoms with E-state index in [4.69, 9.17) is 9.15 Å². The fraction of sp³-hybridized carbons (Fsp3) is 0.333. The molecule has 3 aromatic rings. The van der Waals surface area contributed by atoms with Gasteiger partial charge in [-0.25, -0.2) is 4.68 Å². The number of non-ortho nitro benzene ring substituents is 1. The summed E-state index contributed by atoms with van der Waals surface area (Å²) in [6.45, 7) is 4.67. The Kier molecular flexibility index (Phi) is 6.39. The van der Waals surface area contributed by atoms with Crippen LogP contribution in [0.2, 0.25) is 0 Å². The molecule has 1 aromatic carbocycles. The predicted molar refractivity (Wildman–Crippen MR) is 112 cm³/mol. The monoisotopic (exact) mass is 425 g/mol. The number of nitrogens with zero attached hydrogens (tertiary/aromatic N) is 4. The molecular weight excluding hydrogens is 402 g/mol. The lowest BCUT2D eigenvalue weighted by Gasteiger charge is -2.26. The first-order valence-electron chi connectivity index (χ1n) is 10.1. The highest BCUT2D eigenvalue weighted by Gasteiger charge is 2.20. The molecule has 0 atom stereocenters. The average Bonchev–Trinajstić information content (AvgIpc) is 3.47. The molecule has 0 radical (unpaired) electrons. The molecule has 10 nitrogen and oxygen atoms in total. The van der Waals surface area contributed by atoms with Crippen molar-refractivity contribution >= 4 is 11.6 Å². The summed E-state index contributed by atoms with van der Waals surface area (Å²) in [6.07, 6.45) is 2.33. The van der Waals surface area contributed by atoms with Crippen molar-refractivity contribution in [2.45, 2.75) is 6.42 Å². The molecule has 162 valence electrons. The number of nitro groups is 1. The van der Waals surface area contributed by atoms with Crippen LogP contribution >= 0.6 is 0 Å². The van der Waals surface area contributed by atoms with Crippen molar-refractivity contribution in [1.82, 2.24) is 20.0 Å². The standard InChI is InChI=1S/C21H23N5O5/c27-21(22-7-3-8-24-9-12-30-13-10-24)19-15-18(20-6-2-11-31-20)23-25(19)16-4-1-5-17(14-16)26(28)29/h1-2,4-6,11,14-15H,3,7-10,12-13H2,(H,22,27). The van der Waals surface area contributed by atoms with Gasteiger partial charge in [0.25, 0.3) is 11.6 Å². The molecule has 1 amide bonds. The molecule has 2 aromatic heterocycles. The molecule has 31 heavy (non-hydrogen) atoms. The van der Waals surface area contributed by atoms with Crippen LogP contribution in [-0.2, 0) is 4.74 Å². The van der Waals surface area contributed by atoms with E-state index in [9.17, 15) is 14.9 Å². The molecule has 0 bridgehead atoms. The molecule has 4 rings (SSSR count). The normalized spacial score (nSPS) is 14.5. The zero-order chi connectivity index (χ0) is 21.6. The third-order valence-electron chi connectivity index (χ3n) is 5.04. The van der Waals surface area contributed by atoms with E-state index in [1.807, 2.05) is 0 Å². The third-order valence-corrected chi connectivity index (χ3v) is 5.04. The molecule has 0 saturated carbocycles. The number of nitrogens with one attached hydrogen (secondary N) is 1. The second-order valence-corrected chi connectivity index (χ2v) is 7.14. The van der Waals surface area contributed by atoms with Crippen molar-refractivity contribution < 1.29 is 18.9 Å². The van der Waals surface area contributed by atoms with Gasteiger partial charge in [-0.05, 0) is 31.2 Å². The summed E-state index contributed by atoms with van der Waals surface area (Å²) in [5.74, 6) is 0.198. The number of hydrogen-bond acceptors (Lipinski definition) is 7. The van der Waals surface area contributed by atoms with E-state index in [2.05, 4.69) is 15.3 Å². The van der Waals surface area contributed by atoms with Crippen LogP contribution in [0.1, 0.15) is 16.9 Å². The quantitative estimate of drug-likeness (QED) is 0.335. The summed E-state index contributed by atoms with van der Waals surface area (Å²) in [5.41, 5.74) is 1.09. The van der Waals surface area contributed by atoms with Gasteiger partial charge in [0.15, 0.2) is 5.76 Å². The summed E-state index contributed by atoms with van der Waals surface area (Å²) in [6, 6.07) is 11.1. The minimum absolute atomic E-state index is 0.0792. The number of aromatic nitrogens is 2. The van der Waals surface area contributed by atoms with Crippen LogP contribution in [0.3, 0.4) is 0 Å². The number of nitro benzene ring substituents is 1. The van der Waals surface area contributed by atoms with Gasteiger partial charge in [0.1, 0.15) is 11.4 Å². The van der Waals surface area contributed by atoms with Gasteiger partial charge in [-0.15, -0.1) is 0 Å². The minimum atomic E-state index is -0.480. The van der Waals surface area contributed by atoms with Gasteiger partial charge in [0, 0.05) is 37.8 Å². The second-order valence-electron chi connectivity index (χ2n) is 7.14. The molecule has 3 heterocycles. The van der Waals surface area contributed by atoms with Gasteiger partial charge < -0.3 is 14.5 Å². The van der Waals surface area contributed by atoms with Gasteiger partial charge in [0.05, 0.1) is 30.1 Å². The van der Waals surface area contributed by atoms with Crippen molar-refractivity contribution in [3.05, 3.63) is 64.5 Å². The molecule has 0 spiro atoms. The molecule has 1 saturated heterocycles. The number of amides is 1. The van der Waals surface area contributed by atoms with Crippen LogP contribution < -0.4 is 5.32 Å². The number of morpholine rings is 1. The lowest BCUT2D eigenvalue weighted by atomic mass is 10.2. The van der Waals surface area contributed by atoms with E-state index in [-0.39, 0.29) is 17.3 Å². The zero-order valence-electron chi connectivity index (χ0n) is 16.9. The summed E-state index contributed by atoms with van der Waals surface area (Å²) < 4.78 is 12.1. The van der Waals surface area contributed by atoms with Crippen molar-refractivity contribution in [2.24, 2.45) is 0 Å². The molecule has 0 unspecified atom stereocenters. The lowest BCUT2D eigenvalue weighted by molar-refractivity contribution is -0.384. The van der Waals surface area contributed by atoms with E-state index in [0.29, 0.717) is 23.7 Å². The third kappa shape index (κ3) is 4.98. The van der Waals surface area contributed by atoms with Gasteiger partial charge in [0.2, 0.25) is 0 Å². The summed E-state index contributed by atoms with van der Waals surface area (Å²) in [7, 11) is 0. The van der Waals surface area contributed by atoms with E-state index >= 15 is 0 Å². The number of furan rings is 1. The van der Waals surface area contributed by atoms with E-state index in [1.165, 1.54) is 23.1 Å². The highest BCUT2D eigenvalue weighted by molar-refractivity contribution is 5.94. The topological polar surface area (TPSA) is 116 Å². The Morgan fingerprint density at radius 1 is 1.19 bits per heavy atom. The fourth-order valence-electron chi connectivity index (χ4n) is 3.44. The predicted octanol–water partition coefficient (Wildman–Crippen LogP) is 2.49. The molecular formula is C21H23N5O5. The SMILES string of the molecule is O=C(NCCCN1CCOCC1)c1cc(-c2ccco2)nn1-c1cccc([N+](=O)[O-])c1. The molecule has 1 fully saturated rings. The Bertz CT molecular complexity index is 1040. The first-order valence-corrected chi connectivity index (χ1v) is 10.1. The zero-order valence-corrected chi connectivity index (χ0v) is 16.9. The van der Waals surface area contributed by atoms with Crippen molar-refractivity contribution in [1.29, 1.82) is 0 Å². The molecule has 10 heteroatoms. The molecule has 0 aliphatic carbocycles. The summed E-state index contributed by atoms with van der Waals surface area (Å²) >= 11 is 0. The highest BCUT2D eigenvalue weighted by Crippen LogP contribution is 2.24. The smallest absolute Gasteiger partial charge is 0.271 e. The van der Waals surface area contributed by atoms with Crippen molar-refractivity contribution in [2.75, 3.05) is 39.4 Å². The Morgan fingerprint density at radius 2 is 2.03 bits per heavy atom. The number of hydrogen-bond donors (Lipinski definition) is 1. The number of ether oxygens (including phenoxy) is 1. The number of carbonyl (C=O) groups excluding carboxylic acids is 1. The van der Waals surface area contributed by atoms with E-state index in [1.54, 1.807) is 30.3 Å². The second kappa shape index (κ2) is 9.54. The van der Waals surface area contributed by atoms with Crippen LogP contribution in [-0.4, -0.2) is 64.9 Å². The number of carbonyl (C=O) groups is 1. The maximum atomic E-state index is 12.9. The number of benzene rings is 1. The van der Waals surface area contributed by atoms with Gasteiger partial charge in [-0.1, -0.05) is 6.07 Å². The Hall–Kier alpha value is -3.50. The van der Waals surface area contributed by atoms with Crippen LogP contribution in [0.4, 0.5) is 5.69 Å². The molecule has 1 N–H and O–H groups in total. The lowest BCUT2D eigenvalue weighted by Crippen LogP contribution is -2.38. The Morgan fingerprint density at radius 3 is 2.77 bits per heavy atom. The van der Waals surface area contributed by atoms with Crippen LogP contribution in [0.15, 0.2) is 53.1 Å². The first-order chi connectivity index (χ1) is 15.1. The fourth-order valence-corrected chi connectivity index (χ4v) is 3.44. The Balaban J connectivity index is 1.52. The van der Waals surface area contributed by atoms with Crippen molar-refractivity contribution in [3.63, 3.8) is 0 Å². The minimum Gasteiger partial charge on any atom is -0.463 e. The summed E-state index contributed by atoms with van der Waals surface area (Å²) in [5, 5.41) is 18.6. The van der Waals surface area contributed by atoms with E-state index < -0.39 is 4.92 Å². The highest BCUT2D eigenvalue weighted by atomic mass is 16.6. The van der Waals surface area contributed by atoms with Crippen LogP contribution in [0, 0.1) is 10.1 Å². The van der Waals surface area contributed by atoms with E-state index in [0.717, 1.165) is 39.3 Å². The first kappa shape index (κ1) is 20.8. The van der Waals surface area contributed by atoms with Gasteiger partial charge in [-0.3, -0.25) is 19.8 Å². The maximum Gasteiger partial charge on any atom is 0.271 e. The van der Waals surface area contributed by atoms with Crippen molar-refractivity contribution in [3.8, 4) is 17.1 Å². The Labute approximate surface area is 178 Å². The molecule has 1 aliphatic rings. The number of rotatable bonds is 8. The summed E-state index contributed by atoms with van der Waals surface area (Å²) in [4.78, 5) is 25.9. The van der Waals surface area contributed by atoms with Crippen LogP contribution in [0.5, 0.6) is 0 Å². The van der Waals surface area contributed by atoms with Gasteiger partial charge in [-0.2, -0.15) is 5.10 Å². The van der Waals surface area contributed by atoms with Crippen LogP contribution in [0.25, 0.3) is 17.1 Å². The average molecular weight is 425 g/mol. The van der Waals surface area contributed by atoms with Gasteiger partial charge >= 0.3 is 0 Å². The largest absolute Gasteiger partial charge is 0.463 e.